The van der Waals surface area contributed by atoms with Crippen LogP contribution in [0.15, 0.2) is 47.4 Å². The minimum absolute atomic E-state index is 0.0682. The van der Waals surface area contributed by atoms with E-state index in [0.29, 0.717) is 43.0 Å². The zero-order valence-electron chi connectivity index (χ0n) is 17.9. The van der Waals surface area contributed by atoms with Crippen molar-refractivity contribution in [1.29, 1.82) is 0 Å². The summed E-state index contributed by atoms with van der Waals surface area (Å²) in [6, 6.07) is 11.9. The van der Waals surface area contributed by atoms with Crippen molar-refractivity contribution < 1.29 is 17.9 Å². The van der Waals surface area contributed by atoms with Crippen LogP contribution in [0.4, 0.5) is 5.69 Å². The van der Waals surface area contributed by atoms with Crippen molar-refractivity contribution in [3.63, 3.8) is 0 Å². The predicted octanol–water partition coefficient (Wildman–Crippen LogP) is 2.97. The number of amides is 1. The van der Waals surface area contributed by atoms with E-state index in [-0.39, 0.29) is 16.9 Å². The van der Waals surface area contributed by atoms with Crippen molar-refractivity contribution in [3.8, 4) is 5.75 Å². The first-order chi connectivity index (χ1) is 14.2. The second kappa shape index (κ2) is 9.16. The minimum Gasteiger partial charge on any atom is -0.491 e. The first-order valence-corrected chi connectivity index (χ1v) is 11.5. The maximum absolute atomic E-state index is 13.1. The highest BCUT2D eigenvalue weighted by Crippen LogP contribution is 2.23. The quantitative estimate of drug-likeness (QED) is 0.761. The zero-order valence-corrected chi connectivity index (χ0v) is 18.7. The molecular weight excluding hydrogens is 402 g/mol. The highest BCUT2D eigenvalue weighted by molar-refractivity contribution is 7.89. The Bertz CT molecular complexity index is 996. The van der Waals surface area contributed by atoms with Gasteiger partial charge in [-0.3, -0.25) is 4.79 Å². The first kappa shape index (κ1) is 22.3. The molecule has 1 fully saturated rings. The van der Waals surface area contributed by atoms with Gasteiger partial charge >= 0.3 is 0 Å². The van der Waals surface area contributed by atoms with Gasteiger partial charge in [0.05, 0.1) is 11.0 Å². The lowest BCUT2D eigenvalue weighted by molar-refractivity contribution is 0.102. The zero-order chi connectivity index (χ0) is 21.9. The highest BCUT2D eigenvalue weighted by Gasteiger charge is 2.29. The van der Waals surface area contributed by atoms with Crippen LogP contribution in [0.5, 0.6) is 5.75 Å². The molecule has 1 saturated heterocycles. The van der Waals surface area contributed by atoms with E-state index in [9.17, 15) is 13.2 Å². The summed E-state index contributed by atoms with van der Waals surface area (Å²) in [5, 5.41) is 2.81. The lowest BCUT2D eigenvalue weighted by Crippen LogP contribution is -2.47. The molecule has 1 aliphatic heterocycles. The third kappa shape index (κ3) is 5.19. The molecule has 1 N–H and O–H groups in total. The van der Waals surface area contributed by atoms with Crippen molar-refractivity contribution in [1.82, 2.24) is 9.21 Å². The molecule has 0 radical (unpaired) electrons. The molecule has 8 heteroatoms. The molecule has 0 saturated carbocycles. The lowest BCUT2D eigenvalue weighted by Gasteiger charge is -2.32. The molecular formula is C22H29N3O4S. The number of carbonyl (C=O) groups excluding carboxylic acids is 1. The van der Waals surface area contributed by atoms with Crippen LogP contribution in [-0.2, 0) is 10.0 Å². The van der Waals surface area contributed by atoms with Crippen molar-refractivity contribution in [3.05, 3.63) is 53.6 Å². The molecule has 2 aromatic rings. The number of likely N-dealkylation sites (N-methyl/N-ethyl adjacent to an activating group) is 1. The number of carbonyl (C=O) groups is 1. The van der Waals surface area contributed by atoms with Gasteiger partial charge in [0.15, 0.2) is 0 Å². The van der Waals surface area contributed by atoms with Crippen LogP contribution in [0.1, 0.15) is 29.8 Å². The number of benzene rings is 2. The smallest absolute Gasteiger partial charge is 0.255 e. The van der Waals surface area contributed by atoms with Gasteiger partial charge in [0.2, 0.25) is 10.0 Å². The van der Waals surface area contributed by atoms with Gasteiger partial charge in [-0.05, 0) is 69.8 Å². The molecule has 1 heterocycles. The van der Waals surface area contributed by atoms with Crippen molar-refractivity contribution >= 4 is 21.6 Å². The summed E-state index contributed by atoms with van der Waals surface area (Å²) in [6.07, 6.45) is 0.0682. The normalized spacial score (nSPS) is 15.9. The van der Waals surface area contributed by atoms with Crippen LogP contribution < -0.4 is 10.1 Å². The molecule has 0 aliphatic carbocycles. The minimum atomic E-state index is -3.65. The number of aryl methyl sites for hydroxylation is 1. The van der Waals surface area contributed by atoms with Crippen molar-refractivity contribution in [2.45, 2.75) is 31.8 Å². The average Bonchev–Trinajstić information content (AvgIpc) is 2.69. The number of rotatable bonds is 6. The van der Waals surface area contributed by atoms with Gasteiger partial charge < -0.3 is 15.0 Å². The van der Waals surface area contributed by atoms with Gasteiger partial charge in [0.25, 0.3) is 5.91 Å². The molecule has 0 aromatic heterocycles. The van der Waals surface area contributed by atoms with E-state index in [2.05, 4.69) is 10.2 Å². The second-order valence-corrected chi connectivity index (χ2v) is 9.74. The van der Waals surface area contributed by atoms with E-state index >= 15 is 0 Å². The molecule has 1 amide bonds. The average molecular weight is 432 g/mol. The summed E-state index contributed by atoms with van der Waals surface area (Å²) in [7, 11) is -1.68. The van der Waals surface area contributed by atoms with Gasteiger partial charge in [0, 0.05) is 37.4 Å². The second-order valence-electron chi connectivity index (χ2n) is 7.83. The Kier molecular flexibility index (Phi) is 6.80. The van der Waals surface area contributed by atoms with Crippen molar-refractivity contribution in [2.24, 2.45) is 0 Å². The summed E-state index contributed by atoms with van der Waals surface area (Å²) in [4.78, 5) is 15.0. The van der Waals surface area contributed by atoms with Gasteiger partial charge in [-0.2, -0.15) is 4.31 Å². The summed E-state index contributed by atoms with van der Waals surface area (Å²) in [6.45, 7) is 7.91. The molecule has 0 atom stereocenters. The Hall–Kier alpha value is -2.42. The Balaban J connectivity index is 1.78. The molecule has 0 bridgehead atoms. The van der Waals surface area contributed by atoms with Crippen LogP contribution in [0.25, 0.3) is 0 Å². The maximum Gasteiger partial charge on any atom is 0.255 e. The van der Waals surface area contributed by atoms with Crippen LogP contribution >= 0.6 is 0 Å². The number of sulfonamides is 1. The molecule has 30 heavy (non-hydrogen) atoms. The van der Waals surface area contributed by atoms with Gasteiger partial charge in [0.1, 0.15) is 5.75 Å². The fraction of sp³-hybridized carbons (Fsp3) is 0.409. The number of ether oxygens (including phenoxy) is 1. The van der Waals surface area contributed by atoms with E-state index < -0.39 is 10.0 Å². The molecule has 162 valence electrons. The van der Waals surface area contributed by atoms with Gasteiger partial charge in [-0.25, -0.2) is 8.42 Å². The van der Waals surface area contributed by atoms with E-state index in [0.717, 1.165) is 5.75 Å². The van der Waals surface area contributed by atoms with Crippen LogP contribution in [0.3, 0.4) is 0 Å². The highest BCUT2D eigenvalue weighted by atomic mass is 32.2. The number of nitrogens with zero attached hydrogens (tertiary/aromatic N) is 2. The SMILES string of the molecule is Cc1ccc(C(=O)Nc2ccc(OC(C)C)cc2)cc1S(=O)(=O)N1CCN(C)CC1. The number of piperazine rings is 1. The third-order valence-electron chi connectivity index (χ3n) is 5.01. The van der Waals surface area contributed by atoms with E-state index in [1.165, 1.54) is 10.4 Å². The predicted molar refractivity (Wildman–Crippen MR) is 118 cm³/mol. The van der Waals surface area contributed by atoms with Gasteiger partial charge in [-0.15, -0.1) is 0 Å². The third-order valence-corrected chi connectivity index (χ3v) is 7.05. The molecule has 0 spiro atoms. The largest absolute Gasteiger partial charge is 0.491 e. The molecule has 1 aliphatic rings. The van der Waals surface area contributed by atoms with Gasteiger partial charge in [-0.1, -0.05) is 6.07 Å². The number of anilines is 1. The Labute approximate surface area is 178 Å². The van der Waals surface area contributed by atoms with E-state index in [1.54, 1.807) is 43.3 Å². The molecule has 0 unspecified atom stereocenters. The Morgan fingerprint density at radius 3 is 2.27 bits per heavy atom. The fourth-order valence-electron chi connectivity index (χ4n) is 3.28. The van der Waals surface area contributed by atoms with Crippen LogP contribution in [0, 0.1) is 6.92 Å². The summed E-state index contributed by atoms with van der Waals surface area (Å²) in [5.74, 6) is 0.362. The standard InChI is InChI=1S/C22H29N3O4S/c1-16(2)29-20-9-7-19(8-10-20)23-22(26)18-6-5-17(3)21(15-18)30(27,28)25-13-11-24(4)12-14-25/h5-10,15-16H,11-14H2,1-4H3,(H,23,26). The molecule has 7 nitrogen and oxygen atoms in total. The summed E-state index contributed by atoms with van der Waals surface area (Å²) >= 11 is 0. The Morgan fingerprint density at radius 2 is 1.67 bits per heavy atom. The summed E-state index contributed by atoms with van der Waals surface area (Å²) < 4.78 is 33.4. The number of hydrogen-bond acceptors (Lipinski definition) is 5. The molecule has 3 rings (SSSR count). The lowest BCUT2D eigenvalue weighted by atomic mass is 10.1. The molecule has 2 aromatic carbocycles. The monoisotopic (exact) mass is 431 g/mol. The van der Waals surface area contributed by atoms with Crippen LogP contribution in [-0.4, -0.2) is 62.9 Å². The topological polar surface area (TPSA) is 78.9 Å². The van der Waals surface area contributed by atoms with Crippen LogP contribution in [0.2, 0.25) is 0 Å². The maximum atomic E-state index is 13.1. The van der Waals surface area contributed by atoms with E-state index in [1.807, 2.05) is 20.9 Å². The Morgan fingerprint density at radius 1 is 1.03 bits per heavy atom. The van der Waals surface area contributed by atoms with Crippen molar-refractivity contribution in [2.75, 3.05) is 38.5 Å². The first-order valence-electron chi connectivity index (χ1n) is 10.0. The number of nitrogens with one attached hydrogen (secondary N) is 1. The summed E-state index contributed by atoms with van der Waals surface area (Å²) in [5.41, 5.74) is 1.54. The number of hydrogen-bond donors (Lipinski definition) is 1. The fourth-order valence-corrected chi connectivity index (χ4v) is 4.95. The van der Waals surface area contributed by atoms with E-state index in [4.69, 9.17) is 4.74 Å².